The Balaban J connectivity index is 0.00000187. The van der Waals surface area contributed by atoms with Crippen LogP contribution in [-0.2, 0) is 25.1 Å². The van der Waals surface area contributed by atoms with Crippen molar-refractivity contribution in [3.63, 3.8) is 0 Å². The minimum absolute atomic E-state index is 0.0472. The molecule has 2 aromatic rings. The summed E-state index contributed by atoms with van der Waals surface area (Å²) in [7, 11) is -0.206. The van der Waals surface area contributed by atoms with Gasteiger partial charge in [-0.2, -0.15) is 4.98 Å². The summed E-state index contributed by atoms with van der Waals surface area (Å²) in [5, 5.41) is 6.66. The van der Waals surface area contributed by atoms with Gasteiger partial charge in [-0.25, -0.2) is 16.0 Å². The lowest BCUT2D eigenvalue weighted by molar-refractivity contribution is -0.227. The Kier molecular flexibility index (Phi) is 12.6. The maximum atomic E-state index is 12.9. The predicted molar refractivity (Wildman–Crippen MR) is 152 cm³/mol. The van der Waals surface area contributed by atoms with Gasteiger partial charge in [0.25, 0.3) is 8.53 Å². The number of nitrogens with one attached hydrogen (secondary N) is 1. The first-order valence-electron chi connectivity index (χ1n) is 13.9. The van der Waals surface area contributed by atoms with Crippen molar-refractivity contribution in [1.29, 1.82) is 1.43 Å². The smallest absolute Gasteiger partial charge is 0.351 e. The van der Waals surface area contributed by atoms with E-state index in [9.17, 15) is 4.79 Å². The number of rotatable bonds is 13. The van der Waals surface area contributed by atoms with Crippen LogP contribution in [0, 0.1) is 6.57 Å². The third kappa shape index (κ3) is 10.2. The molecule has 0 saturated carbocycles. The van der Waals surface area contributed by atoms with E-state index in [4.69, 9.17) is 27.9 Å². The van der Waals surface area contributed by atoms with Gasteiger partial charge >= 0.3 is 5.69 Å². The van der Waals surface area contributed by atoms with Crippen molar-refractivity contribution >= 4 is 14.3 Å². The molecule has 3 atom stereocenters. The first kappa shape index (κ1) is 29.6. The molecule has 1 unspecified atom stereocenters. The molecular weight excluding hydrogens is 521 g/mol. The fourth-order valence-corrected chi connectivity index (χ4v) is 5.59. The number of hydrogen-bond acceptors (Lipinski definition) is 9. The average Bonchev–Trinajstić information content (AvgIpc) is 2.95. The molecule has 1 aliphatic rings. The molecule has 1 aromatic carbocycles. The summed E-state index contributed by atoms with van der Waals surface area (Å²) in [5.74, 6) is 0.464. The highest BCUT2D eigenvalue weighted by Gasteiger charge is 2.38. The predicted octanol–water partition coefficient (Wildman–Crippen LogP) is 4.07. The van der Waals surface area contributed by atoms with Gasteiger partial charge in [0.15, 0.2) is 6.23 Å². The van der Waals surface area contributed by atoms with Crippen LogP contribution in [0.5, 0.6) is 0 Å². The van der Waals surface area contributed by atoms with Gasteiger partial charge in [0, 0.05) is 33.3 Å². The molecule has 0 radical (unpaired) electrons. The van der Waals surface area contributed by atoms with Gasteiger partial charge in [0.2, 0.25) is 7.98 Å². The number of benzene rings is 1. The quantitative estimate of drug-likeness (QED) is 0.211. The molecule has 216 valence electrons. The van der Waals surface area contributed by atoms with Crippen LogP contribution in [0.3, 0.4) is 0 Å². The lowest BCUT2D eigenvalue weighted by Gasteiger charge is -2.41. The number of aliphatic hydroxyl groups excluding tert-OH is 1. The first-order chi connectivity index (χ1) is 19.7. The van der Waals surface area contributed by atoms with Crippen molar-refractivity contribution in [3.8, 4) is 0 Å². The molecule has 0 amide bonds. The summed E-state index contributed by atoms with van der Waals surface area (Å²) in [6, 6.07) is 11.9. The Morgan fingerprint density at radius 1 is 1.36 bits per heavy atom. The van der Waals surface area contributed by atoms with Crippen LogP contribution >= 0.6 is 8.53 Å². The summed E-state index contributed by atoms with van der Waals surface area (Å²) >= 11 is 0. The molecule has 11 nitrogen and oxygen atoms in total. The Hall–Kier alpha value is -2.42. The Bertz CT molecular complexity index is 1120. The second-order valence-corrected chi connectivity index (χ2v) is 10.9. The SMILES string of the molecule is [2H]C[C@@]1(COP(OCC[N+]#[C-])N(C(C)C)C(C)C)COC[C@H](n2ccc(NCc3ccccc3)nc2=O)O1.[3H]OC. The number of nitrogens with zero attached hydrogens (tertiary/aromatic N) is 4. The Labute approximate surface area is 235 Å². The third-order valence-electron chi connectivity index (χ3n) is 5.56. The highest BCUT2D eigenvalue weighted by molar-refractivity contribution is 7.44. The normalized spacial score (nSPS) is 20.5. The molecule has 39 heavy (non-hydrogen) atoms. The molecule has 0 spiro atoms. The van der Waals surface area contributed by atoms with Crippen LogP contribution in [0.1, 0.15) is 47.8 Å². The zero-order chi connectivity index (χ0) is 30.3. The highest BCUT2D eigenvalue weighted by atomic mass is 31.2. The molecule has 3 rings (SSSR count). The topological polar surface area (TPSA) is 112 Å². The van der Waals surface area contributed by atoms with E-state index in [0.29, 0.717) is 12.4 Å². The van der Waals surface area contributed by atoms with E-state index in [1.54, 1.807) is 12.3 Å². The number of aliphatic hydroxyl groups is 1. The van der Waals surface area contributed by atoms with Crippen molar-refractivity contribution in [2.45, 2.75) is 65.1 Å². The van der Waals surface area contributed by atoms with Crippen LogP contribution in [-0.4, -0.2) is 78.5 Å². The minimum Gasteiger partial charge on any atom is -0.400 e. The summed E-state index contributed by atoms with van der Waals surface area (Å²) in [4.78, 5) is 20.4. The number of aromatic nitrogens is 2. The molecular formula is C27H42N5O6P. The molecule has 1 aromatic heterocycles. The fourth-order valence-electron chi connectivity index (χ4n) is 3.92. The van der Waals surface area contributed by atoms with Gasteiger partial charge in [0.05, 0.1) is 19.8 Å². The number of ether oxygens (including phenoxy) is 2. The van der Waals surface area contributed by atoms with E-state index >= 15 is 0 Å². The monoisotopic (exact) mass is 566 g/mol. The Morgan fingerprint density at radius 3 is 2.69 bits per heavy atom. The van der Waals surface area contributed by atoms with Crippen LogP contribution in [0.15, 0.2) is 47.4 Å². The van der Waals surface area contributed by atoms with E-state index in [-0.39, 0.29) is 52.0 Å². The fraction of sp³-hybridized carbons (Fsp3) is 0.593. The zero-order valence-electron chi connectivity index (χ0n) is 25.4. The van der Waals surface area contributed by atoms with Crippen LogP contribution < -0.4 is 11.0 Å². The molecule has 0 aliphatic carbocycles. The molecule has 2 N–H and O–H groups in total. The van der Waals surface area contributed by atoms with E-state index < -0.39 is 26.0 Å². The van der Waals surface area contributed by atoms with E-state index in [2.05, 4.69) is 52.6 Å². The zero-order valence-corrected chi connectivity index (χ0v) is 24.3. The number of hydrogen-bond donors (Lipinski definition) is 2. The van der Waals surface area contributed by atoms with Crippen LogP contribution in [0.25, 0.3) is 4.85 Å². The van der Waals surface area contributed by atoms with Gasteiger partial charge in [-0.3, -0.25) is 4.57 Å². The summed E-state index contributed by atoms with van der Waals surface area (Å²) < 4.78 is 41.7. The van der Waals surface area contributed by atoms with E-state index in [0.717, 1.165) is 5.56 Å². The lowest BCUT2D eigenvalue weighted by Crippen LogP contribution is -2.48. The highest BCUT2D eigenvalue weighted by Crippen LogP contribution is 2.47. The second-order valence-electron chi connectivity index (χ2n) is 9.41. The van der Waals surface area contributed by atoms with Crippen molar-refractivity contribution < 1.29 is 25.0 Å². The maximum absolute atomic E-state index is 12.9. The molecule has 1 saturated heterocycles. The van der Waals surface area contributed by atoms with E-state index in [1.807, 2.05) is 30.3 Å². The minimum atomic E-state index is -1.50. The molecule has 2 heterocycles. The van der Waals surface area contributed by atoms with Crippen molar-refractivity contribution in [2.75, 3.05) is 45.4 Å². The van der Waals surface area contributed by atoms with Gasteiger partial charge in [0.1, 0.15) is 18.0 Å². The molecule has 1 aliphatic heterocycles. The van der Waals surface area contributed by atoms with Crippen molar-refractivity contribution in [2.24, 2.45) is 0 Å². The maximum Gasteiger partial charge on any atom is 0.351 e. The summed E-state index contributed by atoms with van der Waals surface area (Å²) in [6.07, 6.45) is 0.874. The largest absolute Gasteiger partial charge is 0.400 e. The first-order valence-corrected chi connectivity index (χ1v) is 13.9. The summed E-state index contributed by atoms with van der Waals surface area (Å²) in [5.41, 5.74) is -0.487. The Morgan fingerprint density at radius 2 is 2.08 bits per heavy atom. The van der Waals surface area contributed by atoms with E-state index in [1.165, 1.54) is 11.7 Å². The average molecular weight is 567 g/mol. The van der Waals surface area contributed by atoms with Crippen molar-refractivity contribution in [3.05, 3.63) is 70.1 Å². The number of anilines is 1. The summed E-state index contributed by atoms with van der Waals surface area (Å²) in [6.45, 7) is 16.6. The van der Waals surface area contributed by atoms with Crippen molar-refractivity contribution in [1.82, 2.24) is 14.2 Å². The van der Waals surface area contributed by atoms with Crippen LogP contribution in [0.4, 0.5) is 5.82 Å². The molecule has 1 fully saturated rings. The lowest BCUT2D eigenvalue weighted by atomic mass is 10.1. The molecule has 0 bridgehead atoms. The van der Waals surface area contributed by atoms with Gasteiger partial charge in [-0.05, 0) is 46.2 Å². The van der Waals surface area contributed by atoms with Gasteiger partial charge in [-0.15, -0.1) is 0 Å². The third-order valence-corrected chi connectivity index (χ3v) is 7.61. The standard InChI is InChI=1S/C26H38N5O5P.CH4O/c1-20(2)31(21(3)4)37(34-15-13-27-6)35-19-26(5)18-33-17-24(36-26)30-14-12-23(29-25(30)32)28-16-22-10-8-7-9-11-22;1-2/h7-12,14,20-21,24H,13,15-19H2,1-5H3,(H,28,29,32);2H,1H3/t24-,26+,37?;/m1./s1/i5D;2T. The van der Waals surface area contributed by atoms with Gasteiger partial charge < -0.3 is 33.8 Å². The molecule has 12 heteroatoms. The van der Waals surface area contributed by atoms with Gasteiger partial charge in [-0.1, -0.05) is 30.3 Å². The van der Waals surface area contributed by atoms with Crippen LogP contribution in [0.2, 0.25) is 0 Å². The second kappa shape index (κ2) is 16.6.